The molecule has 0 atom stereocenters. The molecule has 0 aliphatic carbocycles. The van der Waals surface area contributed by atoms with Crippen LogP contribution in [0.2, 0.25) is 0 Å². The Kier molecular flexibility index (Phi) is 13.8. The summed E-state index contributed by atoms with van der Waals surface area (Å²) >= 11 is 0. The summed E-state index contributed by atoms with van der Waals surface area (Å²) in [6.45, 7) is 0. The van der Waals surface area contributed by atoms with Gasteiger partial charge in [0.2, 0.25) is 11.8 Å². The van der Waals surface area contributed by atoms with E-state index in [4.69, 9.17) is 36.5 Å². The molecule has 10 heteroatoms. The molecule has 10 nitrogen and oxygen atoms in total. The van der Waals surface area contributed by atoms with E-state index in [1.165, 1.54) is 0 Å². The van der Waals surface area contributed by atoms with Gasteiger partial charge in [0.1, 0.15) is 55.7 Å². The van der Waals surface area contributed by atoms with Gasteiger partial charge < -0.3 is 36.3 Å². The number of para-hydroxylation sites is 3. The molecule has 16 aromatic carbocycles. The standard InChI is InChI=1S/C98H58N4O6/c1-3-15-59(16-4-1)60-31-39-69(40-32-60)101(72-45-37-63(38-46-72)76-26-13-27-78-77-23-7-9-28-86(77)106-96(76)78)74-48-50-89-81(54-74)83-56-93-85(57-91(83)104-89)100-98(107-93)68-22-12-21-67(52-68)66-20-11-19-65(51-66)61-33-41-70(42-34-61)102(71-43-35-62(36-44-71)75-25-14-30-90-95(75)79-24-8-10-29-87(79)103-90)73-47-49-88-80(53-73)82-55-84-94(58-92(82)105-88)108-97(99-84)64-17-5-2-6-18-64/h1-58H. The van der Waals surface area contributed by atoms with Crippen LogP contribution in [0.1, 0.15) is 0 Å². The fourth-order valence-electron chi connectivity index (χ4n) is 15.9. The molecule has 0 bridgehead atoms. The van der Waals surface area contributed by atoms with Crippen molar-refractivity contribution >= 4 is 144 Å². The van der Waals surface area contributed by atoms with Crippen LogP contribution < -0.4 is 9.80 Å². The first kappa shape index (κ1) is 60.8. The maximum Gasteiger partial charge on any atom is 0.227 e. The second-order valence-corrected chi connectivity index (χ2v) is 27.5. The van der Waals surface area contributed by atoms with Gasteiger partial charge in [-0.15, -0.1) is 0 Å². The summed E-state index contributed by atoms with van der Waals surface area (Å²) in [5.74, 6) is 1.09. The molecule has 22 rings (SSSR count). The minimum atomic E-state index is 0.523. The minimum absolute atomic E-state index is 0.523. The monoisotopic (exact) mass is 1390 g/mol. The van der Waals surface area contributed by atoms with E-state index < -0.39 is 0 Å². The summed E-state index contributed by atoms with van der Waals surface area (Å²) < 4.78 is 39.1. The van der Waals surface area contributed by atoms with Gasteiger partial charge in [-0.25, -0.2) is 9.97 Å². The predicted octanol–water partition coefficient (Wildman–Crippen LogP) is 28.2. The second-order valence-electron chi connectivity index (χ2n) is 27.5. The minimum Gasteiger partial charge on any atom is -0.456 e. The molecule has 0 radical (unpaired) electrons. The van der Waals surface area contributed by atoms with Gasteiger partial charge >= 0.3 is 0 Å². The molecule has 108 heavy (non-hydrogen) atoms. The molecule has 0 saturated heterocycles. The fourth-order valence-corrected chi connectivity index (χ4v) is 15.9. The Morgan fingerprint density at radius 2 is 0.574 bits per heavy atom. The van der Waals surface area contributed by atoms with E-state index in [1.807, 2.05) is 78.9 Å². The SMILES string of the molecule is c1ccc(-c2ccc(N(c3ccc(-c4cccc5c4oc4ccccc45)cc3)c3ccc4oc5cc6nc(-c7cccc(-c8cccc(-c9ccc(N(c%10ccc(-c%11cccc%12oc%13ccccc%13c%11%12)cc%10)c%10ccc%11oc%12cc%13oc(-c%14ccccc%14)nc%13cc%12c%11c%10)cc9)c8)c7)oc6cc5c4c3)cc2)cc1. The molecule has 6 heterocycles. The number of fused-ring (bicyclic) bond motifs is 14. The smallest absolute Gasteiger partial charge is 0.227 e. The van der Waals surface area contributed by atoms with Crippen molar-refractivity contribution in [3.8, 4) is 78.5 Å². The number of nitrogens with zero attached hydrogens (tertiary/aromatic N) is 4. The number of benzene rings is 16. The number of furan rings is 4. The van der Waals surface area contributed by atoms with Crippen LogP contribution in [0.15, 0.2) is 378 Å². The summed E-state index contributed by atoms with van der Waals surface area (Å²) in [7, 11) is 0. The predicted molar refractivity (Wildman–Crippen MR) is 438 cm³/mol. The average Bonchev–Trinajstić information content (AvgIpc) is 1.58. The third kappa shape index (κ3) is 10.3. The number of hydrogen-bond donors (Lipinski definition) is 0. The first-order valence-corrected chi connectivity index (χ1v) is 36.1. The maximum absolute atomic E-state index is 6.74. The lowest BCUT2D eigenvalue weighted by Gasteiger charge is -2.26. The van der Waals surface area contributed by atoms with Crippen LogP contribution >= 0.6 is 0 Å². The van der Waals surface area contributed by atoms with Crippen LogP contribution in [0.3, 0.4) is 0 Å². The summed E-state index contributed by atoms with van der Waals surface area (Å²) in [5, 5.41) is 8.23. The van der Waals surface area contributed by atoms with Crippen LogP contribution in [-0.2, 0) is 0 Å². The lowest BCUT2D eigenvalue weighted by atomic mass is 9.97. The second kappa shape index (κ2) is 24.5. The molecular formula is C98H58N4O6. The van der Waals surface area contributed by atoms with E-state index in [9.17, 15) is 0 Å². The number of hydrogen-bond acceptors (Lipinski definition) is 10. The Morgan fingerprint density at radius 1 is 0.185 bits per heavy atom. The molecule has 0 unspecified atom stereocenters. The zero-order valence-corrected chi connectivity index (χ0v) is 57.7. The van der Waals surface area contributed by atoms with E-state index in [-0.39, 0.29) is 0 Å². The van der Waals surface area contributed by atoms with Gasteiger partial charge in [-0.3, -0.25) is 0 Å². The van der Waals surface area contributed by atoms with Crippen LogP contribution in [0.4, 0.5) is 34.1 Å². The molecule has 0 spiro atoms. The van der Waals surface area contributed by atoms with Crippen LogP contribution in [0.25, 0.3) is 188 Å². The van der Waals surface area contributed by atoms with Crippen molar-refractivity contribution in [1.29, 1.82) is 0 Å². The Bertz CT molecular complexity index is 7290. The highest BCUT2D eigenvalue weighted by Crippen LogP contribution is 2.47. The van der Waals surface area contributed by atoms with Crippen molar-refractivity contribution in [2.75, 3.05) is 9.80 Å². The van der Waals surface area contributed by atoms with Crippen molar-refractivity contribution < 1.29 is 26.5 Å². The molecular weight excluding hydrogens is 1330 g/mol. The molecule has 0 saturated carbocycles. The highest BCUT2D eigenvalue weighted by atomic mass is 16.4. The van der Waals surface area contributed by atoms with Gasteiger partial charge in [-0.05, 0) is 196 Å². The van der Waals surface area contributed by atoms with Crippen LogP contribution in [0, 0.1) is 0 Å². The first-order valence-electron chi connectivity index (χ1n) is 36.1. The molecule has 0 N–H and O–H groups in total. The number of rotatable bonds is 13. The zero-order chi connectivity index (χ0) is 70.9. The summed E-state index contributed by atoms with van der Waals surface area (Å²) in [4.78, 5) is 14.6. The Labute approximate surface area is 617 Å². The average molecular weight is 1390 g/mol. The van der Waals surface area contributed by atoms with Crippen molar-refractivity contribution in [2.24, 2.45) is 0 Å². The largest absolute Gasteiger partial charge is 0.456 e. The lowest BCUT2D eigenvalue weighted by molar-refractivity contribution is 0.617. The summed E-state index contributed by atoms with van der Waals surface area (Å²) in [6.07, 6.45) is 0. The summed E-state index contributed by atoms with van der Waals surface area (Å²) in [5.41, 5.74) is 27.9. The van der Waals surface area contributed by atoms with Crippen LogP contribution in [0.5, 0.6) is 0 Å². The molecule has 22 aromatic rings. The molecule has 0 aliphatic rings. The number of oxazole rings is 2. The van der Waals surface area contributed by atoms with Gasteiger partial charge in [0.05, 0.1) is 0 Å². The quantitative estimate of drug-likeness (QED) is 0.111. The van der Waals surface area contributed by atoms with Gasteiger partial charge in [0.25, 0.3) is 0 Å². The number of anilines is 6. The van der Waals surface area contributed by atoms with Gasteiger partial charge in [0, 0.05) is 106 Å². The maximum atomic E-state index is 6.74. The molecule has 0 aliphatic heterocycles. The van der Waals surface area contributed by atoms with E-state index in [1.54, 1.807) is 0 Å². The van der Waals surface area contributed by atoms with E-state index in [2.05, 4.69) is 283 Å². The molecule has 0 fully saturated rings. The van der Waals surface area contributed by atoms with E-state index >= 15 is 0 Å². The van der Waals surface area contributed by atoms with Crippen molar-refractivity contribution in [3.63, 3.8) is 0 Å². The normalized spacial score (nSPS) is 11.9. The number of aromatic nitrogens is 2. The van der Waals surface area contributed by atoms with E-state index in [0.717, 1.165) is 194 Å². The summed E-state index contributed by atoms with van der Waals surface area (Å²) in [6, 6.07) is 123. The Hall–Kier alpha value is -14.7. The van der Waals surface area contributed by atoms with Gasteiger partial charge in [-0.1, -0.05) is 194 Å². The van der Waals surface area contributed by atoms with Crippen molar-refractivity contribution in [2.45, 2.75) is 0 Å². The van der Waals surface area contributed by atoms with Gasteiger partial charge in [0.15, 0.2) is 11.2 Å². The van der Waals surface area contributed by atoms with Crippen molar-refractivity contribution in [1.82, 2.24) is 9.97 Å². The highest BCUT2D eigenvalue weighted by Gasteiger charge is 2.24. The molecule has 0 amide bonds. The Balaban J connectivity index is 0.576. The van der Waals surface area contributed by atoms with Crippen LogP contribution in [-0.4, -0.2) is 9.97 Å². The Morgan fingerprint density at radius 3 is 1.21 bits per heavy atom. The third-order valence-corrected chi connectivity index (χ3v) is 21.1. The molecule has 506 valence electrons. The highest BCUT2D eigenvalue weighted by molar-refractivity contribution is 6.15. The topological polar surface area (TPSA) is 111 Å². The fraction of sp³-hybridized carbons (Fsp3) is 0. The molecule has 6 aromatic heterocycles. The first-order chi connectivity index (χ1) is 53.4. The van der Waals surface area contributed by atoms with Gasteiger partial charge in [-0.2, -0.15) is 0 Å². The van der Waals surface area contributed by atoms with E-state index in [0.29, 0.717) is 28.5 Å². The lowest BCUT2D eigenvalue weighted by Crippen LogP contribution is -2.09. The zero-order valence-electron chi connectivity index (χ0n) is 57.7. The van der Waals surface area contributed by atoms with Crippen molar-refractivity contribution in [3.05, 3.63) is 352 Å². The third-order valence-electron chi connectivity index (χ3n) is 21.1.